The first-order chi connectivity index (χ1) is 12.5. The molecule has 7 heteroatoms. The molecule has 0 bridgehead atoms. The van der Waals surface area contributed by atoms with E-state index in [9.17, 15) is 9.18 Å². The summed E-state index contributed by atoms with van der Waals surface area (Å²) < 4.78 is 20.0. The molecule has 0 saturated heterocycles. The highest BCUT2D eigenvalue weighted by Crippen LogP contribution is 2.15. The number of carbonyl (C=O) groups excluding carboxylic acids is 1. The second-order valence-electron chi connectivity index (χ2n) is 5.65. The second-order valence-corrected chi connectivity index (χ2v) is 6.09. The third kappa shape index (κ3) is 4.40. The standard InChI is InChI=1S/C19H17ClFN3O2/c1-23(11-12-26-17-7-5-15(21)6-8-17)19(25)18-9-10-24(22-18)16-4-2-3-14(20)13-16/h2-10,13H,11-12H2,1H3. The van der Waals surface area contributed by atoms with Gasteiger partial charge in [-0.1, -0.05) is 17.7 Å². The van der Waals surface area contributed by atoms with Crippen molar-refractivity contribution in [2.75, 3.05) is 20.2 Å². The van der Waals surface area contributed by atoms with Crippen molar-refractivity contribution in [3.63, 3.8) is 0 Å². The zero-order valence-electron chi connectivity index (χ0n) is 14.1. The lowest BCUT2D eigenvalue weighted by Crippen LogP contribution is -2.31. The lowest BCUT2D eigenvalue weighted by Gasteiger charge is -2.16. The minimum absolute atomic E-state index is 0.214. The highest BCUT2D eigenvalue weighted by molar-refractivity contribution is 6.30. The summed E-state index contributed by atoms with van der Waals surface area (Å²) in [5.41, 5.74) is 1.10. The van der Waals surface area contributed by atoms with Crippen LogP contribution in [0.3, 0.4) is 0 Å². The van der Waals surface area contributed by atoms with Crippen LogP contribution in [0.25, 0.3) is 5.69 Å². The highest BCUT2D eigenvalue weighted by atomic mass is 35.5. The van der Waals surface area contributed by atoms with E-state index in [0.29, 0.717) is 29.6 Å². The summed E-state index contributed by atoms with van der Waals surface area (Å²) in [6.07, 6.45) is 1.71. The van der Waals surface area contributed by atoms with Crippen molar-refractivity contribution in [1.82, 2.24) is 14.7 Å². The van der Waals surface area contributed by atoms with Crippen LogP contribution in [0.5, 0.6) is 5.75 Å². The second kappa shape index (κ2) is 8.01. The van der Waals surface area contributed by atoms with Crippen molar-refractivity contribution >= 4 is 17.5 Å². The van der Waals surface area contributed by atoms with E-state index in [2.05, 4.69) is 5.10 Å². The van der Waals surface area contributed by atoms with Crippen LogP contribution < -0.4 is 4.74 Å². The van der Waals surface area contributed by atoms with Gasteiger partial charge in [0.2, 0.25) is 0 Å². The molecule has 134 valence electrons. The molecule has 0 spiro atoms. The summed E-state index contributed by atoms with van der Waals surface area (Å²) in [5.74, 6) is 0.0194. The molecule has 0 fully saturated rings. The zero-order chi connectivity index (χ0) is 18.5. The number of rotatable bonds is 6. The molecule has 1 heterocycles. The fourth-order valence-corrected chi connectivity index (χ4v) is 2.51. The van der Waals surface area contributed by atoms with E-state index in [1.807, 2.05) is 12.1 Å². The molecule has 2 aromatic carbocycles. The lowest BCUT2D eigenvalue weighted by atomic mass is 10.3. The summed E-state index contributed by atoms with van der Waals surface area (Å²) in [7, 11) is 1.68. The molecule has 0 aliphatic heterocycles. The maximum Gasteiger partial charge on any atom is 0.274 e. The van der Waals surface area contributed by atoms with Crippen LogP contribution in [-0.4, -0.2) is 40.8 Å². The number of halogens is 2. The Bertz CT molecular complexity index is 896. The maximum atomic E-state index is 12.9. The van der Waals surface area contributed by atoms with E-state index < -0.39 is 0 Å². The highest BCUT2D eigenvalue weighted by Gasteiger charge is 2.15. The molecule has 1 amide bonds. The molecular weight excluding hydrogens is 357 g/mol. The van der Waals surface area contributed by atoms with Gasteiger partial charge in [0.25, 0.3) is 5.91 Å². The van der Waals surface area contributed by atoms with Crippen LogP contribution in [0.15, 0.2) is 60.8 Å². The van der Waals surface area contributed by atoms with Crippen molar-refractivity contribution < 1.29 is 13.9 Å². The van der Waals surface area contributed by atoms with Gasteiger partial charge >= 0.3 is 0 Å². The molecule has 26 heavy (non-hydrogen) atoms. The third-order valence-corrected chi connectivity index (χ3v) is 3.97. The van der Waals surface area contributed by atoms with Gasteiger partial charge in [0.15, 0.2) is 5.69 Å². The number of hydrogen-bond donors (Lipinski definition) is 0. The van der Waals surface area contributed by atoms with Crippen LogP contribution in [0, 0.1) is 5.82 Å². The fourth-order valence-electron chi connectivity index (χ4n) is 2.33. The molecule has 0 N–H and O–H groups in total. The van der Waals surface area contributed by atoms with Gasteiger partial charge in [0.05, 0.1) is 12.2 Å². The molecule has 0 aliphatic carbocycles. The monoisotopic (exact) mass is 373 g/mol. The smallest absolute Gasteiger partial charge is 0.274 e. The van der Waals surface area contributed by atoms with E-state index >= 15 is 0 Å². The van der Waals surface area contributed by atoms with Gasteiger partial charge in [-0.05, 0) is 48.5 Å². The Kier molecular flexibility index (Phi) is 5.53. The third-order valence-electron chi connectivity index (χ3n) is 3.74. The van der Waals surface area contributed by atoms with Gasteiger partial charge in [-0.2, -0.15) is 5.10 Å². The van der Waals surface area contributed by atoms with Crippen LogP contribution in [0.1, 0.15) is 10.5 Å². The van der Waals surface area contributed by atoms with Crippen molar-refractivity contribution in [2.45, 2.75) is 0 Å². The first-order valence-electron chi connectivity index (χ1n) is 7.98. The molecule has 0 saturated carbocycles. The number of hydrogen-bond acceptors (Lipinski definition) is 3. The Labute approximate surface area is 155 Å². The average molecular weight is 374 g/mol. The number of aromatic nitrogens is 2. The lowest BCUT2D eigenvalue weighted by molar-refractivity contribution is 0.0767. The van der Waals surface area contributed by atoms with E-state index in [1.165, 1.54) is 17.0 Å². The van der Waals surface area contributed by atoms with Gasteiger partial charge in [0, 0.05) is 18.3 Å². The number of benzene rings is 2. The Balaban J connectivity index is 1.57. The molecule has 3 rings (SSSR count). The summed E-state index contributed by atoms with van der Waals surface area (Å²) in [6, 6.07) is 14.6. The number of ether oxygens (including phenoxy) is 1. The molecule has 0 radical (unpaired) electrons. The summed E-state index contributed by atoms with van der Waals surface area (Å²) in [6.45, 7) is 0.670. The first kappa shape index (κ1) is 17.9. The minimum Gasteiger partial charge on any atom is -0.492 e. The van der Waals surface area contributed by atoms with E-state index in [1.54, 1.807) is 48.3 Å². The van der Waals surface area contributed by atoms with Crippen LogP contribution >= 0.6 is 11.6 Å². The number of likely N-dealkylation sites (N-methyl/N-ethyl adjacent to an activating group) is 1. The van der Waals surface area contributed by atoms with Crippen molar-refractivity contribution in [3.05, 3.63) is 77.3 Å². The first-order valence-corrected chi connectivity index (χ1v) is 8.36. The number of nitrogens with zero attached hydrogens (tertiary/aromatic N) is 3. The molecule has 1 aromatic heterocycles. The largest absolute Gasteiger partial charge is 0.492 e. The molecular formula is C19H17ClFN3O2. The minimum atomic E-state index is -0.320. The quantitative estimate of drug-likeness (QED) is 0.660. The van der Waals surface area contributed by atoms with Crippen molar-refractivity contribution in [3.8, 4) is 11.4 Å². The number of amides is 1. The van der Waals surface area contributed by atoms with Crippen LogP contribution in [0.2, 0.25) is 5.02 Å². The fraction of sp³-hybridized carbons (Fsp3) is 0.158. The topological polar surface area (TPSA) is 47.4 Å². The van der Waals surface area contributed by atoms with E-state index in [0.717, 1.165) is 5.69 Å². The van der Waals surface area contributed by atoms with Gasteiger partial charge in [-0.3, -0.25) is 4.79 Å². The summed E-state index contributed by atoms with van der Waals surface area (Å²) in [4.78, 5) is 14.0. The average Bonchev–Trinajstić information content (AvgIpc) is 3.13. The Morgan fingerprint density at radius 3 is 2.73 bits per heavy atom. The molecule has 3 aromatic rings. The van der Waals surface area contributed by atoms with Gasteiger partial charge in [0.1, 0.15) is 18.2 Å². The van der Waals surface area contributed by atoms with E-state index in [-0.39, 0.29) is 11.7 Å². The number of carbonyl (C=O) groups is 1. The van der Waals surface area contributed by atoms with Gasteiger partial charge in [-0.25, -0.2) is 9.07 Å². The normalized spacial score (nSPS) is 10.6. The van der Waals surface area contributed by atoms with Crippen molar-refractivity contribution in [2.24, 2.45) is 0 Å². The van der Waals surface area contributed by atoms with Crippen molar-refractivity contribution in [1.29, 1.82) is 0 Å². The predicted molar refractivity (Wildman–Crippen MR) is 97.4 cm³/mol. The Morgan fingerprint density at radius 2 is 2.00 bits per heavy atom. The predicted octanol–water partition coefficient (Wildman–Crippen LogP) is 3.82. The summed E-state index contributed by atoms with van der Waals surface area (Å²) in [5, 5.41) is 4.90. The van der Waals surface area contributed by atoms with Gasteiger partial charge in [-0.15, -0.1) is 0 Å². The molecule has 5 nitrogen and oxygen atoms in total. The molecule has 0 unspecified atom stereocenters. The maximum absolute atomic E-state index is 12.9. The van der Waals surface area contributed by atoms with Crippen LogP contribution in [-0.2, 0) is 0 Å². The molecule has 0 atom stereocenters. The van der Waals surface area contributed by atoms with Gasteiger partial charge < -0.3 is 9.64 Å². The summed E-state index contributed by atoms with van der Waals surface area (Å²) >= 11 is 5.98. The Morgan fingerprint density at radius 1 is 1.23 bits per heavy atom. The van der Waals surface area contributed by atoms with Crippen LogP contribution in [0.4, 0.5) is 4.39 Å². The van der Waals surface area contributed by atoms with E-state index in [4.69, 9.17) is 16.3 Å². The molecule has 0 aliphatic rings. The Hall–Kier alpha value is -2.86. The SMILES string of the molecule is CN(CCOc1ccc(F)cc1)C(=O)c1ccn(-c2cccc(Cl)c2)n1. The zero-order valence-corrected chi connectivity index (χ0v) is 14.9.